The lowest BCUT2D eigenvalue weighted by molar-refractivity contribution is -0.117. The van der Waals surface area contributed by atoms with Gasteiger partial charge in [0.05, 0.1) is 0 Å². The molecule has 1 aromatic rings. The van der Waals surface area contributed by atoms with Gasteiger partial charge in [-0.15, -0.1) is 12.4 Å². The van der Waals surface area contributed by atoms with Gasteiger partial charge in [-0.2, -0.15) is 0 Å². The van der Waals surface area contributed by atoms with E-state index in [1.807, 2.05) is 30.0 Å². The monoisotopic (exact) mass is 393 g/mol. The quantitative estimate of drug-likeness (QED) is 0.817. The molecule has 0 radical (unpaired) electrons. The average Bonchev–Trinajstić information content (AvgIpc) is 3.01. The number of anilines is 1. The smallest absolute Gasteiger partial charge is 0.253 e. The first kappa shape index (κ1) is 21.7. The molecule has 1 saturated carbocycles. The van der Waals surface area contributed by atoms with Crippen LogP contribution in [-0.4, -0.2) is 35.8 Å². The molecular weight excluding hydrogens is 362 g/mol. The highest BCUT2D eigenvalue weighted by atomic mass is 35.5. The van der Waals surface area contributed by atoms with Gasteiger partial charge in [0, 0.05) is 36.8 Å². The van der Waals surface area contributed by atoms with Gasteiger partial charge in [-0.1, -0.05) is 13.3 Å². The molecule has 3 rings (SSSR count). The van der Waals surface area contributed by atoms with E-state index in [4.69, 9.17) is 5.73 Å². The van der Waals surface area contributed by atoms with E-state index in [1.54, 1.807) is 0 Å². The van der Waals surface area contributed by atoms with Gasteiger partial charge in [0.2, 0.25) is 5.91 Å². The van der Waals surface area contributed by atoms with Crippen molar-refractivity contribution in [3.8, 4) is 0 Å². The second-order valence-electron chi connectivity index (χ2n) is 8.14. The maximum Gasteiger partial charge on any atom is 0.253 e. The third kappa shape index (κ3) is 5.45. The fraction of sp³-hybridized carbons (Fsp3) is 0.619. The minimum atomic E-state index is 0. The number of nitrogens with two attached hydrogens (primary N) is 1. The van der Waals surface area contributed by atoms with E-state index >= 15 is 0 Å². The molecule has 2 fully saturated rings. The molecule has 3 N–H and O–H groups in total. The number of nitrogens with one attached hydrogen (secondary N) is 1. The van der Waals surface area contributed by atoms with Gasteiger partial charge in [0.25, 0.3) is 5.91 Å². The number of benzene rings is 1. The van der Waals surface area contributed by atoms with E-state index in [9.17, 15) is 9.59 Å². The van der Waals surface area contributed by atoms with Crippen molar-refractivity contribution in [3.05, 3.63) is 29.3 Å². The van der Waals surface area contributed by atoms with E-state index in [0.29, 0.717) is 17.9 Å². The van der Waals surface area contributed by atoms with Gasteiger partial charge in [0.1, 0.15) is 0 Å². The highest BCUT2D eigenvalue weighted by molar-refractivity contribution is 5.96. The highest BCUT2D eigenvalue weighted by Gasteiger charge is 2.26. The van der Waals surface area contributed by atoms with Gasteiger partial charge in [-0.3, -0.25) is 9.59 Å². The molecule has 1 unspecified atom stereocenters. The number of amides is 2. The number of likely N-dealkylation sites (tertiary alicyclic amines) is 1. The lowest BCUT2D eigenvalue weighted by Crippen LogP contribution is -2.39. The Hall–Kier alpha value is -1.59. The van der Waals surface area contributed by atoms with Crippen LogP contribution in [-0.2, 0) is 4.79 Å². The first-order valence-electron chi connectivity index (χ1n) is 9.89. The predicted octanol–water partition coefficient (Wildman–Crippen LogP) is 3.74. The van der Waals surface area contributed by atoms with Crippen LogP contribution >= 0.6 is 12.4 Å². The lowest BCUT2D eigenvalue weighted by Gasteiger charge is -2.31. The predicted molar refractivity (Wildman–Crippen MR) is 111 cm³/mol. The zero-order chi connectivity index (χ0) is 18.7. The largest absolute Gasteiger partial charge is 0.338 e. The Morgan fingerprint density at radius 3 is 2.63 bits per heavy atom. The van der Waals surface area contributed by atoms with Gasteiger partial charge >= 0.3 is 0 Å². The molecule has 0 bridgehead atoms. The van der Waals surface area contributed by atoms with Gasteiger partial charge in [0.15, 0.2) is 0 Å². The zero-order valence-corrected chi connectivity index (χ0v) is 17.2. The fourth-order valence-electron chi connectivity index (χ4n) is 4.25. The summed E-state index contributed by atoms with van der Waals surface area (Å²) in [5.41, 5.74) is 8.47. The van der Waals surface area contributed by atoms with Crippen molar-refractivity contribution in [2.24, 2.45) is 17.6 Å². The summed E-state index contributed by atoms with van der Waals surface area (Å²) in [5.74, 6) is 0.959. The number of rotatable bonds is 4. The maximum atomic E-state index is 12.7. The third-order valence-electron chi connectivity index (χ3n) is 5.86. The normalized spacial score (nSPS) is 25.0. The molecule has 0 aromatic heterocycles. The Balaban J connectivity index is 0.00000261. The van der Waals surface area contributed by atoms with E-state index in [2.05, 4.69) is 12.2 Å². The summed E-state index contributed by atoms with van der Waals surface area (Å²) in [6.07, 6.45) is 5.91. The maximum absolute atomic E-state index is 12.7. The van der Waals surface area contributed by atoms with Gasteiger partial charge in [-0.05, 0) is 68.2 Å². The summed E-state index contributed by atoms with van der Waals surface area (Å²) < 4.78 is 0. The van der Waals surface area contributed by atoms with Crippen LogP contribution in [0.15, 0.2) is 18.2 Å². The number of hydrogen-bond acceptors (Lipinski definition) is 3. The number of piperidine rings is 1. The van der Waals surface area contributed by atoms with Crippen LogP contribution in [0, 0.1) is 18.8 Å². The van der Waals surface area contributed by atoms with Crippen molar-refractivity contribution in [2.45, 2.75) is 58.4 Å². The molecule has 0 spiro atoms. The van der Waals surface area contributed by atoms with Crippen LogP contribution in [0.25, 0.3) is 0 Å². The summed E-state index contributed by atoms with van der Waals surface area (Å²) >= 11 is 0. The Labute approximate surface area is 168 Å². The topological polar surface area (TPSA) is 75.4 Å². The second-order valence-corrected chi connectivity index (χ2v) is 8.14. The van der Waals surface area contributed by atoms with Crippen molar-refractivity contribution < 1.29 is 9.59 Å². The minimum Gasteiger partial charge on any atom is -0.338 e. The van der Waals surface area contributed by atoms with E-state index < -0.39 is 0 Å². The molecule has 1 aliphatic carbocycles. The number of aryl methyl sites for hydroxylation is 1. The van der Waals surface area contributed by atoms with Crippen molar-refractivity contribution in [1.82, 2.24) is 4.90 Å². The van der Waals surface area contributed by atoms with Crippen LogP contribution in [0.5, 0.6) is 0 Å². The number of carbonyl (C=O) groups excluding carboxylic acids is 2. The minimum absolute atomic E-state index is 0. The fourth-order valence-corrected chi connectivity index (χ4v) is 4.25. The Morgan fingerprint density at radius 2 is 2.00 bits per heavy atom. The summed E-state index contributed by atoms with van der Waals surface area (Å²) in [7, 11) is 0. The van der Waals surface area contributed by atoms with Crippen LogP contribution in [0.1, 0.15) is 61.4 Å². The lowest BCUT2D eigenvalue weighted by atomic mass is 9.99. The van der Waals surface area contributed by atoms with Crippen LogP contribution in [0.2, 0.25) is 0 Å². The first-order valence-corrected chi connectivity index (χ1v) is 9.89. The van der Waals surface area contributed by atoms with E-state index in [0.717, 1.165) is 50.0 Å². The van der Waals surface area contributed by atoms with Crippen molar-refractivity contribution in [2.75, 3.05) is 18.4 Å². The highest BCUT2D eigenvalue weighted by Crippen LogP contribution is 2.27. The number of nitrogens with zero attached hydrogens (tertiary/aromatic N) is 1. The average molecular weight is 394 g/mol. The molecule has 1 aliphatic heterocycles. The Morgan fingerprint density at radius 1 is 1.22 bits per heavy atom. The Bertz CT molecular complexity index is 679. The molecule has 150 valence electrons. The van der Waals surface area contributed by atoms with E-state index in [1.165, 1.54) is 6.42 Å². The standard InChI is InChI=1S/C21H31N3O2.ClH/c1-14-5-4-10-24(13-14)21(26)17-8-9-19(15(2)11-17)23-20(25)12-16-6-3-7-18(16)22;/h8-9,11,14,16,18H,3-7,10,12-13,22H2,1-2H3,(H,23,25);1H/t14?,16-,18+;/m0./s1. The van der Waals surface area contributed by atoms with Gasteiger partial charge < -0.3 is 16.0 Å². The Kier molecular flexibility index (Phi) is 7.68. The van der Waals surface area contributed by atoms with E-state index in [-0.39, 0.29) is 36.2 Å². The number of halogens is 1. The molecule has 1 heterocycles. The number of carbonyl (C=O) groups is 2. The van der Waals surface area contributed by atoms with Crippen LogP contribution < -0.4 is 11.1 Å². The molecule has 1 saturated heterocycles. The van der Waals surface area contributed by atoms with Crippen molar-refractivity contribution >= 4 is 29.9 Å². The van der Waals surface area contributed by atoms with Crippen LogP contribution in [0.3, 0.4) is 0 Å². The first-order chi connectivity index (χ1) is 12.4. The van der Waals surface area contributed by atoms with Crippen LogP contribution in [0.4, 0.5) is 5.69 Å². The second kappa shape index (κ2) is 9.56. The summed E-state index contributed by atoms with van der Waals surface area (Å²) in [6.45, 7) is 5.80. The zero-order valence-electron chi connectivity index (χ0n) is 16.4. The van der Waals surface area contributed by atoms with Crippen molar-refractivity contribution in [1.29, 1.82) is 0 Å². The molecular formula is C21H32ClN3O2. The molecule has 3 atom stereocenters. The summed E-state index contributed by atoms with van der Waals surface area (Å²) in [5, 5.41) is 2.99. The molecule has 1 aromatic carbocycles. The summed E-state index contributed by atoms with van der Waals surface area (Å²) in [4.78, 5) is 27.0. The van der Waals surface area contributed by atoms with Crippen molar-refractivity contribution in [3.63, 3.8) is 0 Å². The molecule has 27 heavy (non-hydrogen) atoms. The molecule has 2 amide bonds. The molecule has 2 aliphatic rings. The molecule has 5 nitrogen and oxygen atoms in total. The summed E-state index contributed by atoms with van der Waals surface area (Å²) in [6, 6.07) is 5.71. The number of hydrogen-bond donors (Lipinski definition) is 2. The van der Waals surface area contributed by atoms with Gasteiger partial charge in [-0.25, -0.2) is 0 Å². The third-order valence-corrected chi connectivity index (χ3v) is 5.86. The SMILES string of the molecule is Cc1cc(C(=O)N2CCCC(C)C2)ccc1NC(=O)C[C@@H]1CCC[C@H]1N.Cl. The molecule has 6 heteroatoms.